The third kappa shape index (κ3) is 9.06. The van der Waals surface area contributed by atoms with E-state index in [9.17, 15) is 7.35 Å². The van der Waals surface area contributed by atoms with Crippen molar-refractivity contribution in [1.82, 2.24) is 0 Å². The molecule has 0 atom stereocenters. The van der Waals surface area contributed by atoms with E-state index in [0.717, 1.165) is 20.2 Å². The molecule has 0 heterocycles. The van der Waals surface area contributed by atoms with E-state index >= 15 is 0 Å². The minimum absolute atomic E-state index is 0. The van der Waals surface area contributed by atoms with Crippen molar-refractivity contribution in [3.05, 3.63) is 0 Å². The number of hydrogen-bond acceptors (Lipinski definition) is 3. The molecular weight excluding hydrogens is 202 g/mol. The van der Waals surface area contributed by atoms with Crippen LogP contribution in [-0.2, 0) is 45.3 Å². The summed E-state index contributed by atoms with van der Waals surface area (Å²) >= 11 is -2.12. The molecule has 0 bridgehead atoms. The van der Waals surface area contributed by atoms with Gasteiger partial charge in [-0.3, -0.25) is 0 Å². The van der Waals surface area contributed by atoms with Crippen molar-refractivity contribution < 1.29 is 45.3 Å². The molecule has 3 nitrogen and oxygen atoms in total. The van der Waals surface area contributed by atoms with Gasteiger partial charge < -0.3 is 0 Å². The topological polar surface area (TPSA) is 43.4 Å². The molecule has 0 radical (unpaired) electrons. The molecule has 0 aromatic heterocycles. The quantitative estimate of drug-likeness (QED) is 0.515. The summed E-state index contributed by atoms with van der Waals surface area (Å²) in [6, 6.07) is 0. The first-order valence-electron chi connectivity index (χ1n) is 0.714. The Labute approximate surface area is 63.7 Å². The molecule has 0 aromatic carbocycles. The first-order valence-corrected chi connectivity index (χ1v) is 3.24. The minimum atomic E-state index is -3.20. The van der Waals surface area contributed by atoms with E-state index in [2.05, 4.69) is 2.32 Å². The van der Waals surface area contributed by atoms with Gasteiger partial charge in [0.15, 0.2) is 0 Å². The van der Waals surface area contributed by atoms with Crippen molar-refractivity contribution in [3.63, 3.8) is 0 Å². The number of rotatable bonds is 1. The van der Waals surface area contributed by atoms with Gasteiger partial charge in [0.2, 0.25) is 0 Å². The fourth-order valence-corrected chi connectivity index (χ4v) is 0. The second-order valence-corrected chi connectivity index (χ2v) is 2.74. The first-order chi connectivity index (χ1) is 2.27. The van der Waals surface area contributed by atoms with E-state index in [0.29, 0.717) is 0 Å². The molecule has 0 spiro atoms. The molecule has 0 amide bonds. The van der Waals surface area contributed by atoms with Crippen LogP contribution in [0.4, 0.5) is 0 Å². The average Bonchev–Trinajstić information content (AvgIpc) is 1.38. The van der Waals surface area contributed by atoms with Crippen LogP contribution < -0.4 is 0 Å². The van der Waals surface area contributed by atoms with Crippen LogP contribution in [0.15, 0.2) is 0 Å². The van der Waals surface area contributed by atoms with E-state index in [1.165, 1.54) is 0 Å². The Morgan fingerprint density at radius 2 is 1.67 bits per heavy atom. The maximum atomic E-state index is 9.27. The molecular formula is HLiMoO3V. The van der Waals surface area contributed by atoms with Crippen LogP contribution in [0.2, 0.25) is 0 Å². The third-order valence-corrected chi connectivity index (χ3v) is 1.48. The van der Waals surface area contributed by atoms with Crippen LogP contribution in [0.25, 0.3) is 0 Å². The van der Waals surface area contributed by atoms with Crippen LogP contribution in [0.5, 0.6) is 0 Å². The summed E-state index contributed by atoms with van der Waals surface area (Å²) in [7, 11) is 0. The Morgan fingerprint density at radius 1 is 1.50 bits per heavy atom. The molecule has 6 heteroatoms. The molecule has 0 saturated carbocycles. The zero-order valence-electron chi connectivity index (χ0n) is 2.08. The average molecular weight is 203 g/mol. The van der Waals surface area contributed by atoms with Crippen molar-refractivity contribution in [3.8, 4) is 0 Å². The van der Waals surface area contributed by atoms with Crippen molar-refractivity contribution >= 4 is 18.9 Å². The van der Waals surface area contributed by atoms with Crippen molar-refractivity contribution in [1.29, 1.82) is 0 Å². The van der Waals surface area contributed by atoms with Gasteiger partial charge in [-0.25, -0.2) is 0 Å². The summed E-state index contributed by atoms with van der Waals surface area (Å²) in [5.74, 6) is 0. The van der Waals surface area contributed by atoms with Crippen LogP contribution >= 0.6 is 0 Å². The van der Waals surface area contributed by atoms with Crippen LogP contribution in [0, 0.1) is 0 Å². The van der Waals surface area contributed by atoms with Gasteiger partial charge in [0, 0.05) is 0 Å². The summed E-state index contributed by atoms with van der Waals surface area (Å²) in [4.78, 5) is 0. The standard InChI is InChI=1S/Li.Mo.3O.V.H. The fraction of sp³-hybridized carbons (Fsp3) is 0. The normalized spacial score (nSPS) is 6.00. The summed E-state index contributed by atoms with van der Waals surface area (Å²) in [5, 5.41) is 0. The van der Waals surface area contributed by atoms with Crippen LogP contribution in [-0.4, -0.2) is 18.9 Å². The van der Waals surface area contributed by atoms with E-state index in [1.807, 2.05) is 0 Å². The molecule has 0 rings (SSSR count). The maximum absolute atomic E-state index is 9.27. The van der Waals surface area contributed by atoms with E-state index in [1.54, 1.807) is 0 Å². The van der Waals surface area contributed by atoms with Gasteiger partial charge in [0.1, 0.15) is 0 Å². The first kappa shape index (κ1) is 10.4. The molecule has 6 heavy (non-hydrogen) atoms. The van der Waals surface area contributed by atoms with Crippen molar-refractivity contribution in [2.45, 2.75) is 0 Å². The molecule has 0 aliphatic carbocycles. The molecule has 0 N–H and O–H groups in total. The second kappa shape index (κ2) is 6.43. The Morgan fingerprint density at radius 3 is 1.67 bits per heavy atom. The second-order valence-electron chi connectivity index (χ2n) is 0.298. The molecule has 0 aliphatic rings. The van der Waals surface area contributed by atoms with Gasteiger partial charge in [0.25, 0.3) is 0 Å². The van der Waals surface area contributed by atoms with Gasteiger partial charge in [-0.15, -0.1) is 0 Å². The monoisotopic (exact) mass is 205 g/mol. The number of hydrogen-bond donors (Lipinski definition) is 0. The fourth-order valence-electron chi connectivity index (χ4n) is 0. The summed E-state index contributed by atoms with van der Waals surface area (Å²) < 4.78 is 22.3. The van der Waals surface area contributed by atoms with Gasteiger partial charge in [0.05, 0.1) is 0 Å². The van der Waals surface area contributed by atoms with E-state index in [-0.39, 0.29) is 18.9 Å². The zero-order chi connectivity index (χ0) is 4.28. The molecule has 0 fully saturated rings. The molecule has 0 aliphatic heterocycles. The molecule has 0 aromatic rings. The SMILES string of the molecule is [LiH].[O]=[V](=[O])[O][Mo]. The Kier molecular flexibility index (Phi) is 11.2. The summed E-state index contributed by atoms with van der Waals surface area (Å²) in [6.07, 6.45) is 0. The van der Waals surface area contributed by atoms with Gasteiger partial charge in [-0.2, -0.15) is 0 Å². The molecule has 0 unspecified atom stereocenters. The van der Waals surface area contributed by atoms with Gasteiger partial charge in [-0.05, 0) is 0 Å². The van der Waals surface area contributed by atoms with Gasteiger partial charge in [-0.1, -0.05) is 0 Å². The van der Waals surface area contributed by atoms with Crippen molar-refractivity contribution in [2.24, 2.45) is 0 Å². The predicted octanol–water partition coefficient (Wildman–Crippen LogP) is -0.960. The van der Waals surface area contributed by atoms with Crippen LogP contribution in [0.1, 0.15) is 0 Å². The Balaban J connectivity index is 0. The third-order valence-electron chi connectivity index (χ3n) is 0.0609. The van der Waals surface area contributed by atoms with E-state index < -0.39 is 15.4 Å². The zero-order valence-corrected chi connectivity index (χ0v) is 5.48. The molecule has 0 saturated heterocycles. The Hall–Kier alpha value is 1.43. The van der Waals surface area contributed by atoms with Crippen molar-refractivity contribution in [2.75, 3.05) is 0 Å². The summed E-state index contributed by atoms with van der Waals surface area (Å²) in [6.45, 7) is 0. The Bertz CT molecular complexity index is 68.9. The van der Waals surface area contributed by atoms with Gasteiger partial charge >= 0.3 is 64.1 Å². The summed E-state index contributed by atoms with van der Waals surface area (Å²) in [5.41, 5.74) is 0. The predicted molar refractivity (Wildman–Crippen MR) is 9.61 cm³/mol. The molecule has 31 valence electrons. The van der Waals surface area contributed by atoms with Crippen LogP contribution in [0.3, 0.4) is 0 Å². The van der Waals surface area contributed by atoms with E-state index in [4.69, 9.17) is 0 Å².